The van der Waals surface area contributed by atoms with Gasteiger partial charge in [-0.2, -0.15) is 4.31 Å². The number of hydrogen-bond donors (Lipinski definition) is 0. The SMILES string of the molecule is CCOC(=O)CC1c2ccccc2CCN1S(=O)(=O)c1c(C)cc(C)cc1C. The lowest BCUT2D eigenvalue weighted by molar-refractivity contribution is -0.144. The maximum Gasteiger partial charge on any atom is 0.307 e. The lowest BCUT2D eigenvalue weighted by Gasteiger charge is -2.36. The monoisotopic (exact) mass is 401 g/mol. The van der Waals surface area contributed by atoms with Crippen molar-refractivity contribution in [3.8, 4) is 0 Å². The molecule has 0 bridgehead atoms. The van der Waals surface area contributed by atoms with Crippen LogP contribution in [0, 0.1) is 20.8 Å². The molecule has 3 rings (SSSR count). The molecule has 0 saturated heterocycles. The van der Waals surface area contributed by atoms with Crippen molar-refractivity contribution in [1.29, 1.82) is 0 Å². The van der Waals surface area contributed by atoms with E-state index in [9.17, 15) is 13.2 Å². The van der Waals surface area contributed by atoms with Crippen molar-refractivity contribution in [2.75, 3.05) is 13.2 Å². The summed E-state index contributed by atoms with van der Waals surface area (Å²) in [6.07, 6.45) is 0.632. The zero-order valence-electron chi connectivity index (χ0n) is 16.9. The topological polar surface area (TPSA) is 63.7 Å². The minimum atomic E-state index is -3.77. The first kappa shape index (κ1) is 20.6. The molecular weight excluding hydrogens is 374 g/mol. The molecule has 0 N–H and O–H groups in total. The zero-order chi connectivity index (χ0) is 20.5. The van der Waals surface area contributed by atoms with Crippen LogP contribution in [0.3, 0.4) is 0 Å². The highest BCUT2D eigenvalue weighted by atomic mass is 32.2. The summed E-state index contributed by atoms with van der Waals surface area (Å²) >= 11 is 0. The third-order valence-electron chi connectivity index (χ3n) is 5.20. The van der Waals surface area contributed by atoms with Gasteiger partial charge < -0.3 is 4.74 Å². The molecule has 1 heterocycles. The standard InChI is InChI=1S/C22H27NO4S/c1-5-27-21(24)14-20-19-9-7-6-8-18(19)10-11-23(20)28(25,26)22-16(3)12-15(2)13-17(22)4/h6-9,12-13,20H,5,10-11,14H2,1-4H3. The van der Waals surface area contributed by atoms with Crippen LogP contribution in [0.25, 0.3) is 0 Å². The van der Waals surface area contributed by atoms with Crippen LogP contribution in [-0.4, -0.2) is 31.8 Å². The van der Waals surface area contributed by atoms with Crippen molar-refractivity contribution in [3.63, 3.8) is 0 Å². The van der Waals surface area contributed by atoms with Crippen LogP contribution in [0.5, 0.6) is 0 Å². The van der Waals surface area contributed by atoms with E-state index in [1.165, 1.54) is 4.31 Å². The smallest absolute Gasteiger partial charge is 0.307 e. The van der Waals surface area contributed by atoms with Gasteiger partial charge in [-0.15, -0.1) is 0 Å². The molecule has 0 aliphatic carbocycles. The molecule has 1 unspecified atom stereocenters. The fourth-order valence-electron chi connectivity index (χ4n) is 4.20. The van der Waals surface area contributed by atoms with Gasteiger partial charge in [-0.3, -0.25) is 4.79 Å². The van der Waals surface area contributed by atoms with Gasteiger partial charge in [0.1, 0.15) is 0 Å². The third-order valence-corrected chi connectivity index (χ3v) is 7.41. The number of rotatable bonds is 5. The number of benzene rings is 2. The summed E-state index contributed by atoms with van der Waals surface area (Å²) in [5.41, 5.74) is 4.45. The summed E-state index contributed by atoms with van der Waals surface area (Å²) in [6.45, 7) is 7.97. The molecule has 5 nitrogen and oxygen atoms in total. The van der Waals surface area contributed by atoms with Crippen LogP contribution in [-0.2, 0) is 26.0 Å². The molecule has 1 aliphatic rings. The number of fused-ring (bicyclic) bond motifs is 1. The van der Waals surface area contributed by atoms with Gasteiger partial charge in [-0.05, 0) is 56.4 Å². The summed E-state index contributed by atoms with van der Waals surface area (Å²) in [6, 6.07) is 11.0. The molecule has 1 aliphatic heterocycles. The van der Waals surface area contributed by atoms with Gasteiger partial charge in [0.05, 0.1) is 24.0 Å². The Bertz CT molecular complexity index is 974. The Balaban J connectivity index is 2.09. The summed E-state index contributed by atoms with van der Waals surface area (Å²) in [5.74, 6) is -0.387. The average molecular weight is 402 g/mol. The van der Waals surface area contributed by atoms with E-state index in [1.54, 1.807) is 6.92 Å². The number of ether oxygens (including phenoxy) is 1. The van der Waals surface area contributed by atoms with E-state index in [-0.39, 0.29) is 19.0 Å². The third kappa shape index (κ3) is 3.84. The van der Waals surface area contributed by atoms with Crippen LogP contribution in [0.1, 0.15) is 47.2 Å². The molecule has 0 spiro atoms. The number of sulfonamides is 1. The predicted molar refractivity (Wildman–Crippen MR) is 109 cm³/mol. The first-order valence-electron chi connectivity index (χ1n) is 9.58. The number of carbonyl (C=O) groups excluding carboxylic acids is 1. The van der Waals surface area contributed by atoms with Crippen LogP contribution in [0.4, 0.5) is 0 Å². The summed E-state index contributed by atoms with van der Waals surface area (Å²) in [4.78, 5) is 12.6. The van der Waals surface area contributed by atoms with E-state index in [1.807, 2.05) is 57.2 Å². The van der Waals surface area contributed by atoms with Gasteiger partial charge in [0.25, 0.3) is 0 Å². The molecule has 150 valence electrons. The number of esters is 1. The van der Waals surface area contributed by atoms with Crippen molar-refractivity contribution in [2.45, 2.75) is 51.5 Å². The zero-order valence-corrected chi connectivity index (χ0v) is 17.7. The van der Waals surface area contributed by atoms with Crippen molar-refractivity contribution in [3.05, 3.63) is 64.2 Å². The van der Waals surface area contributed by atoms with Crippen LogP contribution in [0.2, 0.25) is 0 Å². The highest BCUT2D eigenvalue weighted by molar-refractivity contribution is 7.89. The second kappa shape index (κ2) is 8.05. The Kier molecular flexibility index (Phi) is 5.91. The molecular formula is C22H27NO4S. The molecule has 0 amide bonds. The second-order valence-electron chi connectivity index (χ2n) is 7.32. The highest BCUT2D eigenvalue weighted by Crippen LogP contribution is 2.38. The number of hydrogen-bond acceptors (Lipinski definition) is 4. The summed E-state index contributed by atoms with van der Waals surface area (Å²) in [7, 11) is -3.77. The summed E-state index contributed by atoms with van der Waals surface area (Å²) in [5, 5.41) is 0. The second-order valence-corrected chi connectivity index (χ2v) is 9.14. The fraction of sp³-hybridized carbons (Fsp3) is 0.409. The Morgan fingerprint density at radius 2 is 1.79 bits per heavy atom. The van der Waals surface area contributed by atoms with E-state index in [0.717, 1.165) is 27.8 Å². The molecule has 0 aromatic heterocycles. The van der Waals surface area contributed by atoms with Crippen LogP contribution < -0.4 is 0 Å². The quantitative estimate of drug-likeness (QED) is 0.714. The Hall–Kier alpha value is -2.18. The van der Waals surface area contributed by atoms with Gasteiger partial charge >= 0.3 is 5.97 Å². The summed E-state index contributed by atoms with van der Waals surface area (Å²) < 4.78 is 34.0. The maximum atomic E-state index is 13.7. The van der Waals surface area contributed by atoms with E-state index >= 15 is 0 Å². The lowest BCUT2D eigenvalue weighted by Crippen LogP contribution is -2.41. The van der Waals surface area contributed by atoms with Crippen LogP contribution in [0.15, 0.2) is 41.3 Å². The molecule has 2 aromatic rings. The largest absolute Gasteiger partial charge is 0.466 e. The molecule has 1 atom stereocenters. The maximum absolute atomic E-state index is 13.7. The van der Waals surface area contributed by atoms with Crippen molar-refractivity contribution < 1.29 is 17.9 Å². The van der Waals surface area contributed by atoms with Crippen molar-refractivity contribution in [2.24, 2.45) is 0 Å². The molecule has 6 heteroatoms. The average Bonchev–Trinajstić information content (AvgIpc) is 2.60. The Labute approximate surface area is 167 Å². The van der Waals surface area contributed by atoms with E-state index in [4.69, 9.17) is 4.74 Å². The Morgan fingerprint density at radius 1 is 1.14 bits per heavy atom. The number of nitrogens with zero attached hydrogens (tertiary/aromatic N) is 1. The highest BCUT2D eigenvalue weighted by Gasteiger charge is 2.39. The van der Waals surface area contributed by atoms with E-state index < -0.39 is 16.1 Å². The van der Waals surface area contributed by atoms with Crippen molar-refractivity contribution >= 4 is 16.0 Å². The molecule has 0 saturated carbocycles. The molecule has 0 radical (unpaired) electrons. The van der Waals surface area contributed by atoms with Crippen LogP contribution >= 0.6 is 0 Å². The van der Waals surface area contributed by atoms with Gasteiger partial charge in [-0.1, -0.05) is 42.0 Å². The van der Waals surface area contributed by atoms with Gasteiger partial charge in [0.15, 0.2) is 0 Å². The lowest BCUT2D eigenvalue weighted by atomic mass is 9.92. The fourth-order valence-corrected chi connectivity index (χ4v) is 6.22. The minimum absolute atomic E-state index is 0.00798. The minimum Gasteiger partial charge on any atom is -0.466 e. The molecule has 28 heavy (non-hydrogen) atoms. The number of carbonyl (C=O) groups is 1. The Morgan fingerprint density at radius 3 is 2.43 bits per heavy atom. The molecule has 2 aromatic carbocycles. The first-order valence-corrected chi connectivity index (χ1v) is 11.0. The van der Waals surface area contributed by atoms with E-state index in [0.29, 0.717) is 17.9 Å². The first-order chi connectivity index (χ1) is 13.3. The van der Waals surface area contributed by atoms with Gasteiger partial charge in [0.2, 0.25) is 10.0 Å². The van der Waals surface area contributed by atoms with Gasteiger partial charge in [0, 0.05) is 6.54 Å². The van der Waals surface area contributed by atoms with Crippen molar-refractivity contribution in [1.82, 2.24) is 4.31 Å². The molecule has 0 fully saturated rings. The van der Waals surface area contributed by atoms with E-state index in [2.05, 4.69) is 0 Å². The normalized spacial score (nSPS) is 17.2. The van der Waals surface area contributed by atoms with Gasteiger partial charge in [-0.25, -0.2) is 8.42 Å². The predicted octanol–water partition coefficient (Wildman–Crippen LogP) is 3.85. The number of aryl methyl sites for hydroxylation is 3.